The van der Waals surface area contributed by atoms with Gasteiger partial charge < -0.3 is 15.0 Å². The first kappa shape index (κ1) is 14.8. The monoisotopic (exact) mass is 282 g/mol. The Kier molecular flexibility index (Phi) is 6.11. The second-order valence-electron chi connectivity index (χ2n) is 5.17. The van der Waals surface area contributed by atoms with Gasteiger partial charge in [-0.15, -0.1) is 0 Å². The molecule has 0 unspecified atom stereocenters. The van der Waals surface area contributed by atoms with Gasteiger partial charge >= 0.3 is 0 Å². The predicted molar refractivity (Wildman–Crippen MR) is 79.6 cm³/mol. The lowest BCUT2D eigenvalue weighted by molar-refractivity contribution is 0.0774. The van der Waals surface area contributed by atoms with Crippen molar-refractivity contribution in [1.29, 1.82) is 0 Å². The quantitative estimate of drug-likeness (QED) is 0.868. The van der Waals surface area contributed by atoms with Crippen molar-refractivity contribution in [2.24, 2.45) is 0 Å². The largest absolute Gasteiger partial charge is 0.381 e. The molecular weight excluding hydrogens is 260 g/mol. The molecule has 0 radical (unpaired) electrons. The van der Waals surface area contributed by atoms with E-state index in [0.29, 0.717) is 6.04 Å². The summed E-state index contributed by atoms with van der Waals surface area (Å²) in [6, 6.07) is 8.67. The first-order valence-corrected chi connectivity index (χ1v) is 7.36. The van der Waals surface area contributed by atoms with Crippen LogP contribution in [-0.2, 0) is 11.3 Å². The fourth-order valence-electron chi connectivity index (χ4n) is 2.36. The van der Waals surface area contributed by atoms with Gasteiger partial charge in [-0.25, -0.2) is 0 Å². The minimum absolute atomic E-state index is 0.627. The molecule has 1 heterocycles. The number of nitrogens with zero attached hydrogens (tertiary/aromatic N) is 1. The summed E-state index contributed by atoms with van der Waals surface area (Å²) in [5.74, 6) is 0. The zero-order valence-electron chi connectivity index (χ0n) is 11.6. The fraction of sp³-hybridized carbons (Fsp3) is 0.600. The lowest BCUT2D eigenvalue weighted by atomic mass is 10.1. The summed E-state index contributed by atoms with van der Waals surface area (Å²) in [6.45, 7) is 4.74. The molecule has 0 bridgehead atoms. The molecule has 106 valence electrons. The van der Waals surface area contributed by atoms with E-state index >= 15 is 0 Å². The van der Waals surface area contributed by atoms with E-state index in [4.69, 9.17) is 16.3 Å². The van der Waals surface area contributed by atoms with Crippen LogP contribution in [0.5, 0.6) is 0 Å². The molecule has 1 saturated heterocycles. The molecule has 0 atom stereocenters. The highest BCUT2D eigenvalue weighted by molar-refractivity contribution is 6.31. The smallest absolute Gasteiger partial charge is 0.0480 e. The normalized spacial score (nSPS) is 17.0. The van der Waals surface area contributed by atoms with Crippen molar-refractivity contribution >= 4 is 11.6 Å². The van der Waals surface area contributed by atoms with Gasteiger partial charge in [-0.2, -0.15) is 0 Å². The Labute approximate surface area is 120 Å². The second kappa shape index (κ2) is 7.85. The van der Waals surface area contributed by atoms with Gasteiger partial charge in [0.25, 0.3) is 0 Å². The van der Waals surface area contributed by atoms with Crippen LogP contribution in [0.3, 0.4) is 0 Å². The van der Waals surface area contributed by atoms with Crippen molar-refractivity contribution < 1.29 is 4.74 Å². The molecule has 0 saturated carbocycles. The molecule has 0 spiro atoms. The van der Waals surface area contributed by atoms with E-state index in [1.54, 1.807) is 0 Å². The van der Waals surface area contributed by atoms with Gasteiger partial charge in [-0.05, 0) is 31.5 Å². The van der Waals surface area contributed by atoms with Gasteiger partial charge in [0.15, 0.2) is 0 Å². The number of hydrogen-bond acceptors (Lipinski definition) is 3. The molecule has 1 aromatic rings. The van der Waals surface area contributed by atoms with Crippen molar-refractivity contribution in [1.82, 2.24) is 10.2 Å². The Morgan fingerprint density at radius 1 is 1.32 bits per heavy atom. The van der Waals surface area contributed by atoms with Gasteiger partial charge in [-0.3, -0.25) is 0 Å². The number of ether oxygens (including phenoxy) is 1. The average Bonchev–Trinajstić information content (AvgIpc) is 2.43. The first-order valence-electron chi connectivity index (χ1n) is 6.99. The highest BCUT2D eigenvalue weighted by Crippen LogP contribution is 2.16. The highest BCUT2D eigenvalue weighted by atomic mass is 35.5. The van der Waals surface area contributed by atoms with E-state index in [2.05, 4.69) is 23.3 Å². The van der Waals surface area contributed by atoms with Crippen LogP contribution in [0.4, 0.5) is 0 Å². The molecule has 0 amide bonds. The van der Waals surface area contributed by atoms with E-state index in [9.17, 15) is 0 Å². The third-order valence-electron chi connectivity index (χ3n) is 3.55. The molecule has 2 rings (SSSR count). The maximum Gasteiger partial charge on any atom is 0.0480 e. The molecule has 1 N–H and O–H groups in total. The van der Waals surface area contributed by atoms with Gasteiger partial charge in [0.1, 0.15) is 0 Å². The van der Waals surface area contributed by atoms with Crippen molar-refractivity contribution in [3.63, 3.8) is 0 Å². The summed E-state index contributed by atoms with van der Waals surface area (Å²) in [5, 5.41) is 4.45. The average molecular weight is 283 g/mol. The Morgan fingerprint density at radius 2 is 2.05 bits per heavy atom. The van der Waals surface area contributed by atoms with Gasteiger partial charge in [-0.1, -0.05) is 29.8 Å². The molecular formula is C15H23ClN2O. The van der Waals surface area contributed by atoms with Crippen LogP contribution in [0.15, 0.2) is 24.3 Å². The Hall–Kier alpha value is -0.610. The van der Waals surface area contributed by atoms with Crippen molar-refractivity contribution in [2.45, 2.75) is 25.4 Å². The number of likely N-dealkylation sites (N-methyl/N-ethyl adjacent to an activating group) is 1. The molecule has 1 aliphatic heterocycles. The fourth-order valence-corrected chi connectivity index (χ4v) is 2.55. The third-order valence-corrected chi connectivity index (χ3v) is 3.91. The number of hydrogen-bond donors (Lipinski definition) is 1. The molecule has 4 heteroatoms. The van der Waals surface area contributed by atoms with Crippen molar-refractivity contribution in [3.05, 3.63) is 34.9 Å². The molecule has 1 fully saturated rings. The molecule has 19 heavy (non-hydrogen) atoms. The van der Waals surface area contributed by atoms with E-state index < -0.39 is 0 Å². The zero-order chi connectivity index (χ0) is 13.5. The van der Waals surface area contributed by atoms with Gasteiger partial charge in [0.05, 0.1) is 0 Å². The van der Waals surface area contributed by atoms with Crippen LogP contribution >= 0.6 is 11.6 Å². The molecule has 3 nitrogen and oxygen atoms in total. The molecule has 0 aromatic heterocycles. The molecule has 0 aliphatic carbocycles. The standard InChI is InChI=1S/C15H23ClN2O/c1-18(12-13-4-2-3-5-15(13)16)9-8-17-14-6-10-19-11-7-14/h2-5,14,17H,6-12H2,1H3. The third kappa shape index (κ3) is 5.11. The summed E-state index contributed by atoms with van der Waals surface area (Å²) in [4.78, 5) is 2.30. The topological polar surface area (TPSA) is 24.5 Å². The summed E-state index contributed by atoms with van der Waals surface area (Å²) >= 11 is 6.17. The van der Waals surface area contributed by atoms with Crippen LogP contribution in [-0.4, -0.2) is 44.3 Å². The molecule has 1 aromatic carbocycles. The Morgan fingerprint density at radius 3 is 2.79 bits per heavy atom. The van der Waals surface area contributed by atoms with E-state index in [0.717, 1.165) is 50.7 Å². The predicted octanol–water partition coefficient (Wildman–Crippen LogP) is 2.54. The van der Waals surface area contributed by atoms with Crippen LogP contribution in [0.1, 0.15) is 18.4 Å². The molecule has 1 aliphatic rings. The first-order chi connectivity index (χ1) is 9.25. The highest BCUT2D eigenvalue weighted by Gasteiger charge is 2.12. The number of benzene rings is 1. The van der Waals surface area contributed by atoms with Crippen molar-refractivity contribution in [2.75, 3.05) is 33.4 Å². The van der Waals surface area contributed by atoms with E-state index in [1.165, 1.54) is 5.56 Å². The van der Waals surface area contributed by atoms with Crippen molar-refractivity contribution in [3.8, 4) is 0 Å². The van der Waals surface area contributed by atoms with Gasteiger partial charge in [0, 0.05) is 43.9 Å². The lowest BCUT2D eigenvalue weighted by Crippen LogP contribution is -2.39. The number of halogens is 1. The van der Waals surface area contributed by atoms with E-state index in [1.807, 2.05) is 18.2 Å². The van der Waals surface area contributed by atoms with E-state index in [-0.39, 0.29) is 0 Å². The number of rotatable bonds is 6. The number of nitrogens with one attached hydrogen (secondary N) is 1. The van der Waals surface area contributed by atoms with Crippen LogP contribution in [0.25, 0.3) is 0 Å². The minimum Gasteiger partial charge on any atom is -0.381 e. The Bertz CT molecular complexity index is 380. The summed E-state index contributed by atoms with van der Waals surface area (Å²) < 4.78 is 5.35. The summed E-state index contributed by atoms with van der Waals surface area (Å²) in [7, 11) is 2.13. The van der Waals surface area contributed by atoms with Crippen LogP contribution in [0.2, 0.25) is 5.02 Å². The lowest BCUT2D eigenvalue weighted by Gasteiger charge is -2.25. The minimum atomic E-state index is 0.627. The van der Waals surface area contributed by atoms with Gasteiger partial charge in [0.2, 0.25) is 0 Å². The summed E-state index contributed by atoms with van der Waals surface area (Å²) in [5.41, 5.74) is 1.19. The maximum atomic E-state index is 6.17. The SMILES string of the molecule is CN(CCNC1CCOCC1)Cc1ccccc1Cl. The van der Waals surface area contributed by atoms with Crippen LogP contribution < -0.4 is 5.32 Å². The summed E-state index contributed by atoms with van der Waals surface area (Å²) in [6.07, 6.45) is 2.27. The maximum absolute atomic E-state index is 6.17. The second-order valence-corrected chi connectivity index (χ2v) is 5.58. The van der Waals surface area contributed by atoms with Crippen LogP contribution in [0, 0.1) is 0 Å². The Balaban J connectivity index is 1.67. The zero-order valence-corrected chi connectivity index (χ0v) is 12.3.